The average Bonchev–Trinajstić information content (AvgIpc) is 1.61. The van der Waals surface area contributed by atoms with Crippen LogP contribution in [0.15, 0.2) is 4.40 Å². The Morgan fingerprint density at radius 1 is 1.57 bits per heavy atom. The predicted molar refractivity (Wildman–Crippen MR) is 26.0 cm³/mol. The lowest BCUT2D eigenvalue weighted by molar-refractivity contribution is 0.566. The van der Waals surface area contributed by atoms with Gasteiger partial charge in [0.25, 0.3) is 0 Å². The van der Waals surface area contributed by atoms with Crippen molar-refractivity contribution in [1.82, 2.24) is 0 Å². The molecule has 40 valence electrons. The average molecular weight is 139 g/mol. The summed E-state index contributed by atoms with van der Waals surface area (Å²) in [5.74, 6) is 0. The number of hydrogen-bond acceptors (Lipinski definition) is 5. The second-order valence-electron chi connectivity index (χ2n) is 0.488. The minimum absolute atomic E-state index is 0.186. The van der Waals surface area contributed by atoms with E-state index in [-0.39, 0.29) is 11.0 Å². The maximum Gasteiger partial charge on any atom is 0.248 e. The van der Waals surface area contributed by atoms with Gasteiger partial charge in [-0.3, -0.25) is 0 Å². The van der Waals surface area contributed by atoms with Crippen LogP contribution in [0.2, 0.25) is 0 Å². The summed E-state index contributed by atoms with van der Waals surface area (Å²) in [6.07, 6.45) is 1.05. The molecule has 0 heterocycles. The molecule has 0 bridgehead atoms. The first kappa shape index (κ1) is 6.68. The van der Waals surface area contributed by atoms with Gasteiger partial charge in [0.2, 0.25) is 15.8 Å². The summed E-state index contributed by atoms with van der Waals surface area (Å²) in [4.78, 5) is 9.13. The largest absolute Gasteiger partial charge is 0.248 e. The minimum Gasteiger partial charge on any atom is -0.219 e. The molecule has 0 N–H and O–H groups in total. The molecule has 0 aliphatic carbocycles. The lowest BCUT2D eigenvalue weighted by Crippen LogP contribution is -1.55. The van der Waals surface area contributed by atoms with Crippen molar-refractivity contribution in [3.63, 3.8) is 0 Å². The van der Waals surface area contributed by atoms with Crippen LogP contribution in [0, 0.1) is 0 Å². The van der Waals surface area contributed by atoms with E-state index in [0.29, 0.717) is 0 Å². The van der Waals surface area contributed by atoms with Crippen molar-refractivity contribution in [2.24, 2.45) is 4.40 Å². The summed E-state index contributed by atoms with van der Waals surface area (Å²) in [5, 5.41) is 0. The number of carbonyl (C=O) groups excluding carboxylic acids is 1. The summed E-state index contributed by atoms with van der Waals surface area (Å²) in [5.41, 5.74) is 0. The number of nitrogens with zero attached hydrogens (tertiary/aromatic N) is 1. The van der Waals surface area contributed by atoms with Gasteiger partial charge < -0.3 is 0 Å². The molecule has 0 unspecified atom stereocenters. The smallest absolute Gasteiger partial charge is 0.219 e. The molecule has 0 aliphatic heterocycles. The van der Waals surface area contributed by atoms with Crippen LogP contribution in [0.5, 0.6) is 0 Å². The van der Waals surface area contributed by atoms with Gasteiger partial charge in [-0.2, -0.15) is 0 Å². The van der Waals surface area contributed by atoms with E-state index in [4.69, 9.17) is 4.79 Å². The zero-order chi connectivity index (χ0) is 5.70. The van der Waals surface area contributed by atoms with Crippen LogP contribution < -0.4 is 0 Å². The van der Waals surface area contributed by atoms with E-state index in [1.807, 2.05) is 0 Å². The number of rotatable bonds is 2. The van der Waals surface area contributed by atoms with Gasteiger partial charge in [-0.1, -0.05) is 0 Å². The van der Waals surface area contributed by atoms with Crippen LogP contribution in [0.3, 0.4) is 0 Å². The summed E-state index contributed by atoms with van der Waals surface area (Å²) in [6, 6.07) is 0. The predicted octanol–water partition coefficient (Wildman–Crippen LogP) is -0.503. The molecule has 0 saturated carbocycles. The SMILES string of the molecule is O=C=NS[SH](=O)=O. The topological polar surface area (TPSA) is 63.6 Å². The molecule has 7 heavy (non-hydrogen) atoms. The van der Waals surface area contributed by atoms with Crippen molar-refractivity contribution in [1.29, 1.82) is 0 Å². The third kappa shape index (κ3) is 5.68. The van der Waals surface area contributed by atoms with Crippen molar-refractivity contribution < 1.29 is 13.2 Å². The molecule has 6 heteroatoms. The van der Waals surface area contributed by atoms with Crippen molar-refractivity contribution in [3.05, 3.63) is 0 Å². The third-order valence-corrected chi connectivity index (χ3v) is 1.08. The monoisotopic (exact) mass is 139 g/mol. The highest BCUT2D eigenvalue weighted by atomic mass is 33.1. The Hall–Kier alpha value is -0.320. The lowest BCUT2D eigenvalue weighted by Gasteiger charge is -1.62. The summed E-state index contributed by atoms with van der Waals surface area (Å²) in [7, 11) is -2.43. The second kappa shape index (κ2) is 3.86. The van der Waals surface area contributed by atoms with Gasteiger partial charge in [0, 0.05) is 0 Å². The summed E-state index contributed by atoms with van der Waals surface area (Å²) < 4.78 is 21.7. The molecule has 0 aromatic carbocycles. The molecule has 0 aliphatic rings. The lowest BCUT2D eigenvalue weighted by atomic mass is 11.7. The molecule has 0 amide bonds. The highest BCUT2D eigenvalue weighted by Gasteiger charge is 1.76. The Morgan fingerprint density at radius 3 is 2.29 bits per heavy atom. The molecule has 0 rings (SSSR count). The van der Waals surface area contributed by atoms with Gasteiger partial charge in [-0.05, 0) is 0 Å². The zero-order valence-electron chi connectivity index (χ0n) is 3.03. The Balaban J connectivity index is 3.54. The Morgan fingerprint density at radius 2 is 2.14 bits per heavy atom. The quantitative estimate of drug-likeness (QED) is 0.184. The van der Waals surface area contributed by atoms with Crippen LogP contribution in [0.1, 0.15) is 0 Å². The van der Waals surface area contributed by atoms with Crippen LogP contribution in [0.25, 0.3) is 0 Å². The Bertz CT molecular complexity index is 146. The fourth-order valence-corrected chi connectivity index (χ4v) is 0.450. The first-order valence-corrected chi connectivity index (χ1v) is 3.71. The highest BCUT2D eigenvalue weighted by Crippen LogP contribution is 1.96. The number of hydrogen-bond donors (Lipinski definition) is 1. The molecule has 0 spiro atoms. The molecule has 0 radical (unpaired) electrons. The Kier molecular flexibility index (Phi) is 3.68. The molecule has 4 nitrogen and oxygen atoms in total. The third-order valence-electron chi connectivity index (χ3n) is 0.145. The van der Waals surface area contributed by atoms with Gasteiger partial charge in [0.15, 0.2) is 0 Å². The maximum absolute atomic E-state index is 9.49. The molecular weight excluding hydrogens is 138 g/mol. The standard InChI is InChI=1S/CHNO3S2/c3-1-2-6-7(4)5/h7H. The fraction of sp³-hybridized carbons (Fsp3) is 0. The van der Waals surface area contributed by atoms with E-state index in [2.05, 4.69) is 4.40 Å². The first-order chi connectivity index (χ1) is 3.27. The summed E-state index contributed by atoms with van der Waals surface area (Å²) >= 11 is 0. The van der Waals surface area contributed by atoms with Gasteiger partial charge in [0.1, 0.15) is 11.0 Å². The number of thiol groups is 1. The van der Waals surface area contributed by atoms with Crippen molar-refractivity contribution in [3.8, 4) is 0 Å². The molecule has 0 fully saturated rings. The van der Waals surface area contributed by atoms with Gasteiger partial charge in [-0.25, -0.2) is 13.2 Å². The van der Waals surface area contributed by atoms with Crippen LogP contribution in [-0.2, 0) is 14.5 Å². The maximum atomic E-state index is 9.49. The van der Waals surface area contributed by atoms with Gasteiger partial charge >= 0.3 is 0 Å². The van der Waals surface area contributed by atoms with E-state index < -0.39 is 9.74 Å². The first-order valence-electron chi connectivity index (χ1n) is 1.16. The fourth-order valence-electron chi connectivity index (χ4n) is 0.0500. The van der Waals surface area contributed by atoms with E-state index in [1.165, 1.54) is 0 Å². The molecule has 0 aromatic heterocycles. The molecule has 0 aromatic rings. The molecule has 0 saturated heterocycles. The van der Waals surface area contributed by atoms with E-state index in [0.717, 1.165) is 6.08 Å². The van der Waals surface area contributed by atoms with E-state index >= 15 is 0 Å². The number of isocyanates is 1. The Labute approximate surface area is 45.1 Å². The van der Waals surface area contributed by atoms with Crippen molar-refractivity contribution in [2.45, 2.75) is 0 Å². The van der Waals surface area contributed by atoms with Crippen LogP contribution in [0.4, 0.5) is 0 Å². The highest BCUT2D eigenvalue weighted by molar-refractivity contribution is 8.63. The van der Waals surface area contributed by atoms with Gasteiger partial charge in [0.05, 0.1) is 0 Å². The van der Waals surface area contributed by atoms with E-state index in [9.17, 15) is 8.42 Å². The van der Waals surface area contributed by atoms with Gasteiger partial charge in [-0.15, -0.1) is 4.40 Å². The minimum atomic E-state index is -2.62. The van der Waals surface area contributed by atoms with Crippen LogP contribution in [-0.4, -0.2) is 14.5 Å². The zero-order valence-corrected chi connectivity index (χ0v) is 4.74. The normalized spacial score (nSPS) is 8.14. The van der Waals surface area contributed by atoms with E-state index in [1.54, 1.807) is 0 Å². The molecule has 0 atom stereocenters. The molecular formula is CHNO3S2. The second-order valence-corrected chi connectivity index (χ2v) is 2.67. The summed E-state index contributed by atoms with van der Waals surface area (Å²) in [6.45, 7) is 0. The van der Waals surface area contributed by atoms with Crippen molar-refractivity contribution >= 4 is 26.8 Å². The van der Waals surface area contributed by atoms with Crippen LogP contribution >= 0.6 is 11.0 Å². The van der Waals surface area contributed by atoms with Crippen molar-refractivity contribution in [2.75, 3.05) is 0 Å².